The number of methoxy groups -OCH3 is 1. The third-order valence-corrected chi connectivity index (χ3v) is 6.38. The quantitative estimate of drug-likeness (QED) is 0.254. The summed E-state index contributed by atoms with van der Waals surface area (Å²) in [6.45, 7) is 4.40. The molecule has 34 heavy (non-hydrogen) atoms. The summed E-state index contributed by atoms with van der Waals surface area (Å²) in [6.07, 6.45) is 0. The highest BCUT2D eigenvalue weighted by Gasteiger charge is 2.15. The number of nitrogens with two attached hydrogens (primary N) is 1. The van der Waals surface area contributed by atoms with Gasteiger partial charge in [0.1, 0.15) is 5.75 Å². The van der Waals surface area contributed by atoms with Crippen molar-refractivity contribution in [3.05, 3.63) is 90.0 Å². The predicted octanol–water partition coefficient (Wildman–Crippen LogP) is 6.81. The van der Waals surface area contributed by atoms with Crippen molar-refractivity contribution in [1.29, 1.82) is 0 Å². The Kier molecular flexibility index (Phi) is 6.77. The van der Waals surface area contributed by atoms with Gasteiger partial charge in [-0.05, 0) is 83.3 Å². The van der Waals surface area contributed by atoms with Crippen LogP contribution < -0.4 is 15.8 Å². The third-order valence-electron chi connectivity index (χ3n) is 6.38. The van der Waals surface area contributed by atoms with Crippen LogP contribution in [0.2, 0.25) is 0 Å². The highest BCUT2D eigenvalue weighted by Crippen LogP contribution is 2.34. The zero-order chi connectivity index (χ0) is 22.9. The summed E-state index contributed by atoms with van der Waals surface area (Å²) in [6, 6.07) is 27.9. The molecule has 0 spiro atoms. The summed E-state index contributed by atoms with van der Waals surface area (Å²) in [5, 5.41) is 14.3. The van der Waals surface area contributed by atoms with Crippen LogP contribution in [0, 0.1) is 0 Å². The molecule has 0 saturated heterocycles. The minimum absolute atomic E-state index is 0. The topological polar surface area (TPSA) is 76.0 Å². The molecule has 5 rings (SSSR count). The maximum absolute atomic E-state index is 5.97. The zero-order valence-corrected chi connectivity index (χ0v) is 20.3. The number of nitrogens with one attached hydrogen (secondary N) is 2. The molecular weight excluding hydrogens is 444 g/mol. The Morgan fingerprint density at radius 3 is 2.47 bits per heavy atom. The molecule has 0 saturated carbocycles. The average molecular weight is 473 g/mol. The molecule has 4 N–H and O–H groups in total. The number of hydrogen-bond donors (Lipinski definition) is 3. The lowest BCUT2D eigenvalue weighted by atomic mass is 9.92. The van der Waals surface area contributed by atoms with Gasteiger partial charge in [-0.1, -0.05) is 42.5 Å². The SMILES string of the molecule is COc1cccc([C@@H](C)NC(C)c2cc(-c3ccc4c(N)n[nH]c4c3)c3ccccc3c2)c1.Cl. The molecule has 2 atom stereocenters. The molecule has 174 valence electrons. The van der Waals surface area contributed by atoms with Crippen molar-refractivity contribution in [1.82, 2.24) is 15.5 Å². The summed E-state index contributed by atoms with van der Waals surface area (Å²) in [4.78, 5) is 0. The number of rotatable bonds is 6. The lowest BCUT2D eigenvalue weighted by Gasteiger charge is -2.22. The molecule has 0 amide bonds. The molecule has 1 unspecified atom stereocenters. The summed E-state index contributed by atoms with van der Waals surface area (Å²) < 4.78 is 5.40. The second-order valence-corrected chi connectivity index (χ2v) is 8.55. The van der Waals surface area contributed by atoms with Crippen LogP contribution in [0.1, 0.15) is 37.1 Å². The van der Waals surface area contributed by atoms with E-state index in [0.717, 1.165) is 22.2 Å². The summed E-state index contributed by atoms with van der Waals surface area (Å²) in [5.41, 5.74) is 11.7. The van der Waals surface area contributed by atoms with Crippen LogP contribution in [0.4, 0.5) is 5.82 Å². The maximum atomic E-state index is 5.97. The molecular formula is C28H29ClN4O. The molecule has 4 aromatic carbocycles. The van der Waals surface area contributed by atoms with Crippen molar-refractivity contribution in [3.63, 3.8) is 0 Å². The van der Waals surface area contributed by atoms with Crippen LogP contribution in [-0.4, -0.2) is 17.3 Å². The van der Waals surface area contributed by atoms with Gasteiger partial charge in [-0.3, -0.25) is 5.10 Å². The first kappa shape index (κ1) is 23.6. The molecule has 0 aliphatic carbocycles. The average Bonchev–Trinajstić information content (AvgIpc) is 3.23. The Morgan fingerprint density at radius 1 is 0.853 bits per heavy atom. The molecule has 1 aromatic heterocycles. The Labute approximate surface area is 205 Å². The second-order valence-electron chi connectivity index (χ2n) is 8.55. The number of hydrogen-bond acceptors (Lipinski definition) is 4. The van der Waals surface area contributed by atoms with Gasteiger partial charge >= 0.3 is 0 Å². The smallest absolute Gasteiger partial charge is 0.153 e. The van der Waals surface area contributed by atoms with E-state index in [-0.39, 0.29) is 24.5 Å². The van der Waals surface area contributed by atoms with Gasteiger partial charge in [-0.2, -0.15) is 5.10 Å². The Hall–Kier alpha value is -3.54. The largest absolute Gasteiger partial charge is 0.497 e. The van der Waals surface area contributed by atoms with Gasteiger partial charge in [0.15, 0.2) is 5.82 Å². The highest BCUT2D eigenvalue weighted by molar-refractivity contribution is 6.00. The Bertz CT molecular complexity index is 1450. The first-order valence-electron chi connectivity index (χ1n) is 11.2. The number of halogens is 1. The van der Waals surface area contributed by atoms with Gasteiger partial charge in [0.05, 0.1) is 12.6 Å². The normalized spacial score (nSPS) is 12.9. The van der Waals surface area contributed by atoms with Crippen molar-refractivity contribution in [2.24, 2.45) is 0 Å². The van der Waals surface area contributed by atoms with Gasteiger partial charge in [0.25, 0.3) is 0 Å². The lowest BCUT2D eigenvalue weighted by molar-refractivity contribution is 0.412. The standard InChI is InChI=1S/C28H28N4O.ClH/c1-17(19-8-6-9-23(14-19)33-3)30-18(2)22-13-20-7-4-5-10-24(20)26(15-22)21-11-12-25-27(16-21)31-32-28(25)29;/h4-18,30H,1-3H3,(H3,29,31,32);1H/t17-,18?;/m1./s1. The molecule has 0 bridgehead atoms. The minimum Gasteiger partial charge on any atom is -0.497 e. The molecule has 0 aliphatic rings. The monoisotopic (exact) mass is 472 g/mol. The molecule has 6 heteroatoms. The first-order valence-corrected chi connectivity index (χ1v) is 11.2. The lowest BCUT2D eigenvalue weighted by Crippen LogP contribution is -2.22. The number of aromatic amines is 1. The number of H-pyrrole nitrogens is 1. The number of nitrogen functional groups attached to an aromatic ring is 1. The van der Waals surface area contributed by atoms with Crippen LogP contribution in [0.25, 0.3) is 32.8 Å². The summed E-state index contributed by atoms with van der Waals surface area (Å²) >= 11 is 0. The fourth-order valence-electron chi connectivity index (χ4n) is 4.51. The molecule has 0 aliphatic heterocycles. The van der Waals surface area contributed by atoms with Crippen molar-refractivity contribution in [2.45, 2.75) is 25.9 Å². The maximum Gasteiger partial charge on any atom is 0.153 e. The van der Waals surface area contributed by atoms with Crippen LogP contribution in [0.15, 0.2) is 78.9 Å². The molecule has 0 radical (unpaired) electrons. The van der Waals surface area contributed by atoms with Crippen LogP contribution in [0.3, 0.4) is 0 Å². The van der Waals surface area contributed by atoms with E-state index in [1.54, 1.807) is 7.11 Å². The predicted molar refractivity (Wildman–Crippen MR) is 144 cm³/mol. The second kappa shape index (κ2) is 9.75. The number of fused-ring (bicyclic) bond motifs is 2. The first-order chi connectivity index (χ1) is 16.0. The summed E-state index contributed by atoms with van der Waals surface area (Å²) in [7, 11) is 1.70. The van der Waals surface area contributed by atoms with Crippen molar-refractivity contribution in [3.8, 4) is 16.9 Å². The number of aromatic nitrogens is 2. The number of nitrogens with zero attached hydrogens (tertiary/aromatic N) is 1. The van der Waals surface area contributed by atoms with Gasteiger partial charge in [0, 0.05) is 17.5 Å². The number of ether oxygens (including phenoxy) is 1. The Balaban J connectivity index is 0.00000274. The molecule has 5 aromatic rings. The fraction of sp³-hybridized carbons (Fsp3) is 0.179. The van der Waals surface area contributed by atoms with E-state index in [4.69, 9.17) is 10.5 Å². The van der Waals surface area contributed by atoms with Gasteiger partial charge in [-0.15, -0.1) is 12.4 Å². The number of anilines is 1. The van der Waals surface area contributed by atoms with Crippen LogP contribution in [-0.2, 0) is 0 Å². The van der Waals surface area contributed by atoms with E-state index in [0.29, 0.717) is 5.82 Å². The van der Waals surface area contributed by atoms with E-state index < -0.39 is 0 Å². The van der Waals surface area contributed by atoms with E-state index in [1.807, 2.05) is 18.2 Å². The van der Waals surface area contributed by atoms with Crippen molar-refractivity contribution in [2.75, 3.05) is 12.8 Å². The van der Waals surface area contributed by atoms with Gasteiger partial charge < -0.3 is 15.8 Å². The van der Waals surface area contributed by atoms with Gasteiger partial charge in [-0.25, -0.2) is 0 Å². The van der Waals surface area contributed by atoms with E-state index >= 15 is 0 Å². The number of benzene rings is 4. The van der Waals surface area contributed by atoms with Crippen LogP contribution >= 0.6 is 12.4 Å². The fourth-order valence-corrected chi connectivity index (χ4v) is 4.51. The van der Waals surface area contributed by atoms with Crippen molar-refractivity contribution < 1.29 is 4.74 Å². The van der Waals surface area contributed by atoms with E-state index in [1.165, 1.54) is 27.5 Å². The minimum atomic E-state index is 0. The molecule has 5 nitrogen and oxygen atoms in total. The third kappa shape index (κ3) is 4.45. The molecule has 1 heterocycles. The van der Waals surface area contributed by atoms with Crippen LogP contribution in [0.5, 0.6) is 5.75 Å². The highest BCUT2D eigenvalue weighted by atomic mass is 35.5. The Morgan fingerprint density at radius 2 is 1.65 bits per heavy atom. The summed E-state index contributed by atoms with van der Waals surface area (Å²) in [5.74, 6) is 1.40. The molecule has 0 fully saturated rings. The van der Waals surface area contributed by atoms with E-state index in [2.05, 4.69) is 90.0 Å². The van der Waals surface area contributed by atoms with Crippen molar-refractivity contribution >= 4 is 39.9 Å². The van der Waals surface area contributed by atoms with E-state index in [9.17, 15) is 0 Å². The van der Waals surface area contributed by atoms with Gasteiger partial charge in [0.2, 0.25) is 0 Å². The zero-order valence-electron chi connectivity index (χ0n) is 19.5.